The fraction of sp³-hybridized carbons (Fsp3) is 0.621. The van der Waals surface area contributed by atoms with Gasteiger partial charge in [-0.2, -0.15) is 13.2 Å². The van der Waals surface area contributed by atoms with Gasteiger partial charge in [-0.25, -0.2) is 0 Å². The number of benzene rings is 1. The van der Waals surface area contributed by atoms with E-state index in [2.05, 4.69) is 0 Å². The molecule has 7 unspecified atom stereocenters. The van der Waals surface area contributed by atoms with Crippen molar-refractivity contribution in [2.75, 3.05) is 27.2 Å². The summed E-state index contributed by atoms with van der Waals surface area (Å²) < 4.78 is 44.6. The Kier molecular flexibility index (Phi) is 7.38. The molecule has 5 rings (SSSR count). The molecule has 7 atom stereocenters. The number of ketones is 3. The van der Waals surface area contributed by atoms with Gasteiger partial charge in [-0.05, 0) is 76.0 Å². The molecule has 5 N–H and O–H groups in total. The maximum absolute atomic E-state index is 14.9. The van der Waals surface area contributed by atoms with E-state index in [-0.39, 0.29) is 12.0 Å². The van der Waals surface area contributed by atoms with Crippen molar-refractivity contribution in [2.45, 2.75) is 62.9 Å². The number of likely N-dealkylation sites (tertiary alicyclic amines) is 1. The Balaban J connectivity index is 1.68. The largest absolute Gasteiger partial charge is 0.507 e. The van der Waals surface area contributed by atoms with Crippen LogP contribution in [-0.4, -0.2) is 87.8 Å². The molecule has 1 aromatic carbocycles. The first-order valence-corrected chi connectivity index (χ1v) is 14.2. The second-order valence-corrected chi connectivity index (χ2v) is 12.2. The standard InChI is InChI=1S/C29H35F3N4O6/c1-4-36-8-6-5-7-16(36)13-11-17(37)19-14(21(13)29(30,31)32)9-12-10-15-22(35(2)3)24(39)20(27(34)41)25(33)28(15,42)26(40)18(12)23(19)38/h11-12,15-16,18,20,22,33,37,42H,4-10H2,1-3H3,(H2,34,41). The summed E-state index contributed by atoms with van der Waals surface area (Å²) in [5.41, 5.74) is -0.388. The molecular formula is C29H35F3N4O6. The molecule has 1 saturated heterocycles. The van der Waals surface area contributed by atoms with Gasteiger partial charge in [-0.1, -0.05) is 13.3 Å². The average Bonchev–Trinajstić information content (AvgIpc) is 2.89. The number of nitrogens with two attached hydrogens (primary N) is 1. The Morgan fingerprint density at radius 1 is 1.24 bits per heavy atom. The van der Waals surface area contributed by atoms with Crippen LogP contribution in [0.25, 0.3) is 0 Å². The summed E-state index contributed by atoms with van der Waals surface area (Å²) in [6, 6.07) is -0.900. The molecular weight excluding hydrogens is 557 g/mol. The number of primary amides is 1. The average molecular weight is 593 g/mol. The van der Waals surface area contributed by atoms with Crippen LogP contribution in [0.1, 0.15) is 65.7 Å². The van der Waals surface area contributed by atoms with Crippen LogP contribution in [0.5, 0.6) is 5.75 Å². The number of fused-ring (bicyclic) bond motifs is 3. The van der Waals surface area contributed by atoms with Crippen molar-refractivity contribution in [3.8, 4) is 5.75 Å². The third kappa shape index (κ3) is 4.22. The van der Waals surface area contributed by atoms with Crippen molar-refractivity contribution in [1.82, 2.24) is 9.80 Å². The van der Waals surface area contributed by atoms with Gasteiger partial charge in [-0.15, -0.1) is 0 Å². The third-order valence-corrected chi connectivity index (χ3v) is 9.82. The summed E-state index contributed by atoms with van der Waals surface area (Å²) in [7, 11) is 2.95. The Bertz CT molecular complexity index is 1390. The van der Waals surface area contributed by atoms with E-state index in [4.69, 9.17) is 11.1 Å². The Morgan fingerprint density at radius 2 is 1.90 bits per heavy atom. The highest BCUT2D eigenvalue weighted by Gasteiger charge is 2.68. The number of alkyl halides is 3. The van der Waals surface area contributed by atoms with Gasteiger partial charge in [0.05, 0.1) is 28.8 Å². The topological polar surface area (TPSA) is 165 Å². The van der Waals surface area contributed by atoms with Gasteiger partial charge in [0, 0.05) is 12.0 Å². The molecule has 2 saturated carbocycles. The highest BCUT2D eigenvalue weighted by Crippen LogP contribution is 2.54. The van der Waals surface area contributed by atoms with Gasteiger partial charge in [-0.3, -0.25) is 29.0 Å². The van der Waals surface area contributed by atoms with E-state index < -0.39 is 105 Å². The van der Waals surface area contributed by atoms with Crippen molar-refractivity contribution in [2.24, 2.45) is 29.4 Å². The van der Waals surface area contributed by atoms with Gasteiger partial charge in [0.25, 0.3) is 0 Å². The minimum atomic E-state index is -4.87. The van der Waals surface area contributed by atoms with Crippen LogP contribution in [0.4, 0.5) is 13.2 Å². The second-order valence-electron chi connectivity index (χ2n) is 12.2. The van der Waals surface area contributed by atoms with Gasteiger partial charge >= 0.3 is 6.18 Å². The lowest BCUT2D eigenvalue weighted by molar-refractivity contribution is -0.157. The molecule has 10 nitrogen and oxygen atoms in total. The van der Waals surface area contributed by atoms with Crippen LogP contribution >= 0.6 is 0 Å². The number of rotatable bonds is 4. The van der Waals surface area contributed by atoms with Gasteiger partial charge < -0.3 is 21.4 Å². The Hall–Kier alpha value is -3.16. The number of phenols is 1. The van der Waals surface area contributed by atoms with Crippen molar-refractivity contribution in [1.29, 1.82) is 5.41 Å². The highest BCUT2D eigenvalue weighted by atomic mass is 19.4. The van der Waals surface area contributed by atoms with Crippen molar-refractivity contribution >= 4 is 29.0 Å². The normalized spacial score (nSPS) is 33.8. The zero-order valence-electron chi connectivity index (χ0n) is 23.6. The maximum Gasteiger partial charge on any atom is 0.417 e. The lowest BCUT2D eigenvalue weighted by Gasteiger charge is -2.53. The van der Waals surface area contributed by atoms with Crippen LogP contribution < -0.4 is 5.73 Å². The van der Waals surface area contributed by atoms with E-state index in [9.17, 15) is 42.6 Å². The lowest BCUT2D eigenvalue weighted by atomic mass is 9.52. The number of hydrogen-bond acceptors (Lipinski definition) is 9. The highest BCUT2D eigenvalue weighted by molar-refractivity contribution is 6.33. The molecule has 1 aromatic rings. The number of likely N-dealkylation sites (N-methyl/N-ethyl adjacent to an activating group) is 1. The van der Waals surface area contributed by atoms with E-state index in [1.165, 1.54) is 19.0 Å². The van der Waals surface area contributed by atoms with E-state index in [1.54, 1.807) is 0 Å². The molecule has 3 aliphatic carbocycles. The molecule has 3 fully saturated rings. The monoisotopic (exact) mass is 592 g/mol. The first-order chi connectivity index (χ1) is 19.6. The number of carbonyl (C=O) groups is 4. The summed E-state index contributed by atoms with van der Waals surface area (Å²) in [5, 5.41) is 31.3. The van der Waals surface area contributed by atoms with E-state index >= 15 is 0 Å². The van der Waals surface area contributed by atoms with E-state index in [0.29, 0.717) is 25.9 Å². The molecule has 1 heterocycles. The number of phenolic OH excluding ortho intramolecular Hbond substituents is 1. The molecule has 13 heteroatoms. The molecule has 0 bridgehead atoms. The fourth-order valence-electron chi connectivity index (χ4n) is 8.08. The maximum atomic E-state index is 14.9. The Labute approximate surface area is 240 Å². The molecule has 4 aliphatic rings. The molecule has 228 valence electrons. The van der Waals surface area contributed by atoms with Crippen LogP contribution in [0.2, 0.25) is 0 Å². The summed E-state index contributed by atoms with van der Waals surface area (Å²) >= 11 is 0. The Morgan fingerprint density at radius 3 is 2.48 bits per heavy atom. The first-order valence-electron chi connectivity index (χ1n) is 14.2. The summed E-state index contributed by atoms with van der Waals surface area (Å²) in [6.45, 7) is 2.93. The number of amides is 1. The predicted molar refractivity (Wildman–Crippen MR) is 143 cm³/mol. The first kappa shape index (κ1) is 30.3. The lowest BCUT2D eigenvalue weighted by Crippen LogP contribution is -2.73. The molecule has 1 amide bonds. The number of aliphatic hydroxyl groups is 1. The number of nitrogens with zero attached hydrogens (tertiary/aromatic N) is 2. The number of Topliss-reactive ketones (excluding diaryl/α,β-unsaturated/α-hetero) is 3. The summed E-state index contributed by atoms with van der Waals surface area (Å²) in [6.07, 6.45) is -3.55. The summed E-state index contributed by atoms with van der Waals surface area (Å²) in [5.74, 6) is -10.9. The smallest absolute Gasteiger partial charge is 0.417 e. The van der Waals surface area contributed by atoms with Crippen LogP contribution in [0.15, 0.2) is 6.07 Å². The summed E-state index contributed by atoms with van der Waals surface area (Å²) in [4.78, 5) is 56.6. The zero-order chi connectivity index (χ0) is 31.0. The van der Waals surface area contributed by atoms with Crippen molar-refractivity contribution in [3.05, 3.63) is 28.3 Å². The predicted octanol–water partition coefficient (Wildman–Crippen LogP) is 1.88. The van der Waals surface area contributed by atoms with Gasteiger partial charge in [0.15, 0.2) is 23.0 Å². The number of nitrogens with one attached hydrogen (secondary N) is 1. The molecule has 1 aliphatic heterocycles. The number of aromatic hydroxyl groups is 1. The van der Waals surface area contributed by atoms with Crippen molar-refractivity contribution < 1.29 is 42.6 Å². The number of carbonyl (C=O) groups excluding carboxylic acids is 4. The molecule has 42 heavy (non-hydrogen) atoms. The van der Waals surface area contributed by atoms with Crippen LogP contribution in [-0.2, 0) is 27.0 Å². The van der Waals surface area contributed by atoms with E-state index in [0.717, 1.165) is 12.5 Å². The molecule has 0 aromatic heterocycles. The van der Waals surface area contributed by atoms with Gasteiger partial charge in [0.1, 0.15) is 11.7 Å². The number of piperidine rings is 1. The molecule has 0 spiro atoms. The zero-order valence-corrected chi connectivity index (χ0v) is 23.6. The second kappa shape index (κ2) is 10.2. The number of hydrogen-bond donors (Lipinski definition) is 4. The quantitative estimate of drug-likeness (QED) is 0.385. The van der Waals surface area contributed by atoms with Crippen molar-refractivity contribution in [3.63, 3.8) is 0 Å². The number of halogens is 3. The minimum Gasteiger partial charge on any atom is -0.507 e. The SMILES string of the molecule is CCN1CCCCC1c1cc(O)c2c(c1C(F)(F)F)CC1CC3C(N(C)C)C(=O)C(C(N)=O)C(=N)C3(O)C(=O)C1C2=O. The fourth-order valence-corrected chi connectivity index (χ4v) is 8.08. The molecule has 0 radical (unpaired) electrons. The third-order valence-electron chi connectivity index (χ3n) is 9.82. The minimum absolute atomic E-state index is 0.115. The van der Waals surface area contributed by atoms with E-state index in [1.807, 2.05) is 11.8 Å². The van der Waals surface area contributed by atoms with Crippen LogP contribution in [0.3, 0.4) is 0 Å². The van der Waals surface area contributed by atoms with Crippen LogP contribution in [0, 0.1) is 29.1 Å². The van der Waals surface area contributed by atoms with Gasteiger partial charge in [0.2, 0.25) is 5.91 Å².